The molecule has 114 valence electrons. The first-order valence-corrected chi connectivity index (χ1v) is 6.76. The lowest BCUT2D eigenvalue weighted by Gasteiger charge is -2.08. The van der Waals surface area contributed by atoms with Gasteiger partial charge in [-0.1, -0.05) is 29.8 Å². The molecule has 5 nitrogen and oxygen atoms in total. The van der Waals surface area contributed by atoms with Crippen LogP contribution in [0.2, 0.25) is 0 Å². The number of carbonyl (C=O) groups excluding carboxylic acids is 2. The first kappa shape index (κ1) is 15.6. The molecule has 0 saturated carbocycles. The van der Waals surface area contributed by atoms with Crippen LogP contribution >= 0.6 is 0 Å². The van der Waals surface area contributed by atoms with E-state index in [0.29, 0.717) is 5.69 Å². The first-order valence-electron chi connectivity index (χ1n) is 6.76. The first-order chi connectivity index (χ1) is 10.5. The minimum absolute atomic E-state index is 0.00985. The van der Waals surface area contributed by atoms with Gasteiger partial charge in [-0.25, -0.2) is 4.79 Å². The summed E-state index contributed by atoms with van der Waals surface area (Å²) >= 11 is 0. The molecular formula is C17H17NO4. The molecule has 0 aliphatic heterocycles. The maximum atomic E-state index is 12.0. The van der Waals surface area contributed by atoms with E-state index >= 15 is 0 Å². The number of rotatable bonds is 4. The Morgan fingerprint density at radius 2 is 1.82 bits per heavy atom. The van der Waals surface area contributed by atoms with Gasteiger partial charge in [-0.15, -0.1) is 0 Å². The Labute approximate surface area is 128 Å². The van der Waals surface area contributed by atoms with Crippen molar-refractivity contribution in [2.24, 2.45) is 0 Å². The summed E-state index contributed by atoms with van der Waals surface area (Å²) in [5.74, 6) is -1.05. The van der Waals surface area contributed by atoms with Crippen molar-refractivity contribution in [3.8, 4) is 5.75 Å². The molecule has 1 amide bonds. The van der Waals surface area contributed by atoms with Crippen molar-refractivity contribution in [1.82, 2.24) is 0 Å². The molecule has 22 heavy (non-hydrogen) atoms. The Bertz CT molecular complexity index is 692. The predicted molar refractivity (Wildman–Crippen MR) is 83.0 cm³/mol. The van der Waals surface area contributed by atoms with Gasteiger partial charge in [0.05, 0.1) is 13.5 Å². The number of amides is 1. The van der Waals surface area contributed by atoms with Gasteiger partial charge in [0.2, 0.25) is 5.91 Å². The van der Waals surface area contributed by atoms with E-state index in [4.69, 9.17) is 0 Å². The molecular weight excluding hydrogens is 282 g/mol. The fourth-order valence-electron chi connectivity index (χ4n) is 1.98. The Kier molecular flexibility index (Phi) is 4.78. The summed E-state index contributed by atoms with van der Waals surface area (Å²) < 4.78 is 4.57. The Balaban J connectivity index is 2.08. The van der Waals surface area contributed by atoms with E-state index in [9.17, 15) is 14.7 Å². The van der Waals surface area contributed by atoms with Crippen molar-refractivity contribution in [1.29, 1.82) is 0 Å². The molecule has 0 fully saturated rings. The molecule has 2 rings (SSSR count). The third-order valence-corrected chi connectivity index (χ3v) is 3.17. The maximum Gasteiger partial charge on any atom is 0.341 e. The SMILES string of the molecule is COC(=O)c1cc(NC(=O)Cc2ccc(C)cc2)ccc1O. The third kappa shape index (κ3) is 3.85. The second-order valence-corrected chi connectivity index (χ2v) is 4.93. The van der Waals surface area contributed by atoms with E-state index in [0.717, 1.165) is 11.1 Å². The number of aryl methyl sites for hydroxylation is 1. The zero-order chi connectivity index (χ0) is 16.1. The maximum absolute atomic E-state index is 12.0. The Morgan fingerprint density at radius 1 is 1.14 bits per heavy atom. The van der Waals surface area contributed by atoms with Crippen molar-refractivity contribution < 1.29 is 19.4 Å². The Morgan fingerprint density at radius 3 is 2.45 bits per heavy atom. The average molecular weight is 299 g/mol. The van der Waals surface area contributed by atoms with Crippen molar-refractivity contribution >= 4 is 17.6 Å². The largest absolute Gasteiger partial charge is 0.507 e. The highest BCUT2D eigenvalue weighted by Gasteiger charge is 2.13. The van der Waals surface area contributed by atoms with E-state index in [2.05, 4.69) is 10.1 Å². The van der Waals surface area contributed by atoms with Crippen LogP contribution in [0.3, 0.4) is 0 Å². The molecule has 0 spiro atoms. The van der Waals surface area contributed by atoms with Gasteiger partial charge >= 0.3 is 5.97 Å². The monoisotopic (exact) mass is 299 g/mol. The number of nitrogens with one attached hydrogen (secondary N) is 1. The highest BCUT2D eigenvalue weighted by atomic mass is 16.5. The smallest absolute Gasteiger partial charge is 0.341 e. The number of phenolic OH excluding ortho intramolecular Hbond substituents is 1. The van der Waals surface area contributed by atoms with Crippen LogP contribution in [-0.4, -0.2) is 24.1 Å². The van der Waals surface area contributed by atoms with Crippen LogP contribution < -0.4 is 5.32 Å². The number of methoxy groups -OCH3 is 1. The number of benzene rings is 2. The number of phenols is 1. The van der Waals surface area contributed by atoms with E-state index in [-0.39, 0.29) is 23.6 Å². The van der Waals surface area contributed by atoms with Gasteiger partial charge < -0.3 is 15.2 Å². The molecule has 0 radical (unpaired) electrons. The number of ether oxygens (including phenoxy) is 1. The molecule has 5 heteroatoms. The number of anilines is 1. The molecule has 0 aliphatic rings. The van der Waals surface area contributed by atoms with Crippen LogP contribution in [-0.2, 0) is 16.0 Å². The minimum atomic E-state index is -0.660. The summed E-state index contributed by atoms with van der Waals surface area (Å²) in [5, 5.41) is 12.3. The van der Waals surface area contributed by atoms with Gasteiger partial charge in [-0.2, -0.15) is 0 Å². The van der Waals surface area contributed by atoms with Gasteiger partial charge in [0.15, 0.2) is 0 Å². The van der Waals surface area contributed by atoms with Crippen molar-refractivity contribution in [3.63, 3.8) is 0 Å². The molecule has 0 aliphatic carbocycles. The second kappa shape index (κ2) is 6.76. The van der Waals surface area contributed by atoms with Crippen LogP contribution in [0.4, 0.5) is 5.69 Å². The number of hydrogen-bond acceptors (Lipinski definition) is 4. The average Bonchev–Trinajstić information content (AvgIpc) is 2.50. The molecule has 0 atom stereocenters. The number of aromatic hydroxyl groups is 1. The van der Waals surface area contributed by atoms with Gasteiger partial charge in [0.1, 0.15) is 11.3 Å². The van der Waals surface area contributed by atoms with Gasteiger partial charge in [-0.05, 0) is 30.7 Å². The highest BCUT2D eigenvalue weighted by Crippen LogP contribution is 2.22. The summed E-state index contributed by atoms with van der Waals surface area (Å²) in [6.07, 6.45) is 0.231. The van der Waals surface area contributed by atoms with Crippen molar-refractivity contribution in [2.75, 3.05) is 12.4 Å². The lowest BCUT2D eigenvalue weighted by atomic mass is 10.1. The van der Waals surface area contributed by atoms with Gasteiger partial charge in [0, 0.05) is 5.69 Å². The van der Waals surface area contributed by atoms with E-state index < -0.39 is 5.97 Å². The van der Waals surface area contributed by atoms with Crippen LogP contribution in [0.25, 0.3) is 0 Å². The van der Waals surface area contributed by atoms with Gasteiger partial charge in [0.25, 0.3) is 0 Å². The minimum Gasteiger partial charge on any atom is -0.507 e. The summed E-state index contributed by atoms with van der Waals surface area (Å²) in [7, 11) is 1.23. The van der Waals surface area contributed by atoms with Crippen LogP contribution in [0.5, 0.6) is 5.75 Å². The zero-order valence-electron chi connectivity index (χ0n) is 12.4. The molecule has 0 unspecified atom stereocenters. The lowest BCUT2D eigenvalue weighted by molar-refractivity contribution is -0.115. The van der Waals surface area contributed by atoms with Crippen molar-refractivity contribution in [3.05, 3.63) is 59.2 Å². The fraction of sp³-hybridized carbons (Fsp3) is 0.176. The molecule has 0 bridgehead atoms. The molecule has 2 aromatic carbocycles. The molecule has 0 heterocycles. The van der Waals surface area contributed by atoms with Crippen molar-refractivity contribution in [2.45, 2.75) is 13.3 Å². The topological polar surface area (TPSA) is 75.6 Å². The molecule has 2 aromatic rings. The number of esters is 1. The van der Waals surface area contributed by atoms with Crippen LogP contribution in [0, 0.1) is 6.92 Å². The van der Waals surface area contributed by atoms with Crippen LogP contribution in [0.15, 0.2) is 42.5 Å². The third-order valence-electron chi connectivity index (χ3n) is 3.17. The standard InChI is InChI=1S/C17H17NO4/c1-11-3-5-12(6-4-11)9-16(20)18-13-7-8-15(19)14(10-13)17(21)22-2/h3-8,10,19H,9H2,1-2H3,(H,18,20). The quantitative estimate of drug-likeness (QED) is 0.672. The van der Waals surface area contributed by atoms with E-state index in [1.54, 1.807) is 0 Å². The molecule has 2 N–H and O–H groups in total. The Hall–Kier alpha value is -2.82. The summed E-state index contributed by atoms with van der Waals surface area (Å²) in [6, 6.07) is 11.9. The predicted octanol–water partition coefficient (Wildman–Crippen LogP) is 2.67. The molecule has 0 aromatic heterocycles. The fourth-order valence-corrected chi connectivity index (χ4v) is 1.98. The normalized spacial score (nSPS) is 10.1. The number of hydrogen-bond donors (Lipinski definition) is 2. The van der Waals surface area contributed by atoms with E-state index in [1.165, 1.54) is 25.3 Å². The summed E-state index contributed by atoms with van der Waals surface area (Å²) in [4.78, 5) is 23.5. The zero-order valence-corrected chi connectivity index (χ0v) is 12.4. The summed E-state index contributed by atoms with van der Waals surface area (Å²) in [6.45, 7) is 1.98. The molecule has 0 saturated heterocycles. The van der Waals surface area contributed by atoms with Crippen LogP contribution in [0.1, 0.15) is 21.5 Å². The number of carbonyl (C=O) groups is 2. The lowest BCUT2D eigenvalue weighted by Crippen LogP contribution is -2.15. The van der Waals surface area contributed by atoms with E-state index in [1.807, 2.05) is 31.2 Å². The highest BCUT2D eigenvalue weighted by molar-refractivity contribution is 5.96. The van der Waals surface area contributed by atoms with Gasteiger partial charge in [-0.3, -0.25) is 4.79 Å². The second-order valence-electron chi connectivity index (χ2n) is 4.93. The summed E-state index contributed by atoms with van der Waals surface area (Å²) in [5.41, 5.74) is 2.46.